The number of alkyl halides is 4. The number of hydrogen-bond donors (Lipinski definition) is 0. The summed E-state index contributed by atoms with van der Waals surface area (Å²) in [5, 5.41) is 0.0133. The monoisotopic (exact) mass is 346 g/mol. The van der Waals surface area contributed by atoms with Crippen molar-refractivity contribution in [2.75, 3.05) is 0 Å². The van der Waals surface area contributed by atoms with E-state index in [-0.39, 0.29) is 27.5 Å². The maximum absolute atomic E-state index is 12.2. The lowest BCUT2D eigenvalue weighted by molar-refractivity contribution is -0.116. The molecule has 1 nitrogen and oxygen atoms in total. The first kappa shape index (κ1) is 14.9. The SMILES string of the molecule is CC(=O)C(Br)c1ccc(Cl)c(SC(F)(F)F)c1. The van der Waals surface area contributed by atoms with E-state index in [0.717, 1.165) is 0 Å². The lowest BCUT2D eigenvalue weighted by Gasteiger charge is -2.11. The van der Waals surface area contributed by atoms with Crippen LogP contribution in [0.25, 0.3) is 0 Å². The second kappa shape index (κ2) is 5.63. The molecular formula is C10H7BrClF3OS. The standard InChI is InChI=1S/C10H7BrClF3OS/c1-5(16)9(11)6-2-3-7(12)8(4-6)17-10(13,14)15/h2-4,9H,1H3. The molecule has 0 saturated heterocycles. The summed E-state index contributed by atoms with van der Waals surface area (Å²) in [5.41, 5.74) is -3.95. The molecule has 1 atom stereocenters. The molecule has 1 aromatic rings. The molecule has 0 fully saturated rings. The van der Waals surface area contributed by atoms with Crippen molar-refractivity contribution in [2.24, 2.45) is 0 Å². The van der Waals surface area contributed by atoms with Crippen molar-refractivity contribution in [1.29, 1.82) is 0 Å². The zero-order valence-corrected chi connectivity index (χ0v) is 11.7. The third-order valence-electron chi connectivity index (χ3n) is 1.83. The molecule has 1 aromatic carbocycles. The van der Waals surface area contributed by atoms with E-state index in [9.17, 15) is 18.0 Å². The zero-order valence-electron chi connectivity index (χ0n) is 8.52. The first-order valence-electron chi connectivity index (χ1n) is 4.40. The smallest absolute Gasteiger partial charge is 0.298 e. The highest BCUT2D eigenvalue weighted by molar-refractivity contribution is 9.09. The van der Waals surface area contributed by atoms with Crippen LogP contribution in [-0.4, -0.2) is 11.3 Å². The Hall–Kier alpha value is -0.200. The van der Waals surface area contributed by atoms with E-state index in [1.165, 1.54) is 25.1 Å². The van der Waals surface area contributed by atoms with Gasteiger partial charge in [0.2, 0.25) is 0 Å². The predicted octanol–water partition coefficient (Wildman–Crippen LogP) is 4.98. The molecule has 0 aliphatic carbocycles. The Morgan fingerprint density at radius 1 is 1.47 bits per heavy atom. The molecule has 7 heteroatoms. The molecule has 0 aliphatic heterocycles. The summed E-state index contributed by atoms with van der Waals surface area (Å²) in [6.45, 7) is 1.35. The molecule has 0 radical (unpaired) electrons. The molecule has 94 valence electrons. The Kier molecular flexibility index (Phi) is 4.92. The highest BCUT2D eigenvalue weighted by Gasteiger charge is 2.30. The summed E-state index contributed by atoms with van der Waals surface area (Å²) in [6, 6.07) is 4.13. The quantitative estimate of drug-likeness (QED) is 0.567. The number of carbonyl (C=O) groups is 1. The van der Waals surface area contributed by atoms with Gasteiger partial charge in [0.15, 0.2) is 0 Å². The van der Waals surface area contributed by atoms with Gasteiger partial charge in [-0.15, -0.1) is 0 Å². The Labute approximate surface area is 114 Å². The summed E-state index contributed by atoms with van der Waals surface area (Å²) in [7, 11) is 0. The normalized spacial score (nSPS) is 13.5. The van der Waals surface area contributed by atoms with E-state index in [0.29, 0.717) is 5.56 Å². The summed E-state index contributed by atoms with van der Waals surface area (Å²) < 4.78 is 36.7. The summed E-state index contributed by atoms with van der Waals surface area (Å²) >= 11 is 8.48. The highest BCUT2D eigenvalue weighted by Crippen LogP contribution is 2.41. The van der Waals surface area contributed by atoms with Crippen LogP contribution in [0, 0.1) is 0 Å². The van der Waals surface area contributed by atoms with Crippen molar-refractivity contribution < 1.29 is 18.0 Å². The molecule has 0 saturated carbocycles. The maximum atomic E-state index is 12.2. The zero-order chi connectivity index (χ0) is 13.2. The summed E-state index contributed by atoms with van der Waals surface area (Å²) in [6.07, 6.45) is 0. The van der Waals surface area contributed by atoms with E-state index in [1.54, 1.807) is 0 Å². The van der Waals surface area contributed by atoms with Crippen molar-refractivity contribution >= 4 is 45.1 Å². The lowest BCUT2D eigenvalue weighted by atomic mass is 10.1. The van der Waals surface area contributed by atoms with E-state index < -0.39 is 10.3 Å². The van der Waals surface area contributed by atoms with Gasteiger partial charge >= 0.3 is 5.51 Å². The molecule has 1 unspecified atom stereocenters. The van der Waals surface area contributed by atoms with E-state index in [1.807, 2.05) is 0 Å². The van der Waals surface area contributed by atoms with Crippen LogP contribution in [0.5, 0.6) is 0 Å². The van der Waals surface area contributed by atoms with Crippen LogP contribution in [-0.2, 0) is 4.79 Å². The molecule has 0 aromatic heterocycles. The number of halogens is 5. The summed E-state index contributed by atoms with van der Waals surface area (Å²) in [5.74, 6) is -0.185. The maximum Gasteiger partial charge on any atom is 0.446 e. The Morgan fingerprint density at radius 2 is 2.06 bits per heavy atom. The average molecular weight is 348 g/mol. The van der Waals surface area contributed by atoms with Crippen molar-refractivity contribution in [3.05, 3.63) is 28.8 Å². The highest BCUT2D eigenvalue weighted by atomic mass is 79.9. The van der Waals surface area contributed by atoms with Crippen LogP contribution >= 0.6 is 39.3 Å². The molecule has 0 aliphatic rings. The number of benzene rings is 1. The van der Waals surface area contributed by atoms with Gasteiger partial charge in [-0.2, -0.15) is 13.2 Å². The van der Waals surface area contributed by atoms with Gasteiger partial charge in [-0.3, -0.25) is 4.79 Å². The number of hydrogen-bond acceptors (Lipinski definition) is 2. The second-order valence-electron chi connectivity index (χ2n) is 3.21. The number of ketones is 1. The number of rotatable bonds is 3. The number of thioether (sulfide) groups is 1. The topological polar surface area (TPSA) is 17.1 Å². The Bertz CT molecular complexity index is 436. The molecule has 0 amide bonds. The van der Waals surface area contributed by atoms with Crippen LogP contribution in [0.2, 0.25) is 5.02 Å². The third kappa shape index (κ3) is 4.52. The van der Waals surface area contributed by atoms with E-state index in [4.69, 9.17) is 11.6 Å². The first-order chi connectivity index (χ1) is 7.70. The largest absolute Gasteiger partial charge is 0.446 e. The molecule has 0 spiro atoms. The second-order valence-corrected chi connectivity index (χ2v) is 5.64. The Balaban J connectivity index is 3.06. The minimum atomic E-state index is -4.40. The van der Waals surface area contributed by atoms with Gasteiger partial charge in [-0.05, 0) is 36.4 Å². The van der Waals surface area contributed by atoms with E-state index >= 15 is 0 Å². The van der Waals surface area contributed by atoms with Crippen LogP contribution in [0.4, 0.5) is 13.2 Å². The fourth-order valence-corrected chi connectivity index (χ4v) is 2.24. The molecule has 0 bridgehead atoms. The van der Waals surface area contributed by atoms with Gasteiger partial charge in [0.25, 0.3) is 0 Å². The van der Waals surface area contributed by atoms with Crippen molar-refractivity contribution in [3.63, 3.8) is 0 Å². The predicted molar refractivity (Wildman–Crippen MR) is 65.7 cm³/mol. The lowest BCUT2D eigenvalue weighted by Crippen LogP contribution is -2.03. The van der Waals surface area contributed by atoms with Crippen molar-refractivity contribution in [3.8, 4) is 0 Å². The van der Waals surface area contributed by atoms with Crippen molar-refractivity contribution in [2.45, 2.75) is 22.2 Å². The van der Waals surface area contributed by atoms with Crippen LogP contribution in [0.1, 0.15) is 17.3 Å². The molecule has 17 heavy (non-hydrogen) atoms. The average Bonchev–Trinajstić information content (AvgIpc) is 2.18. The van der Waals surface area contributed by atoms with E-state index in [2.05, 4.69) is 15.9 Å². The van der Waals surface area contributed by atoms with Gasteiger partial charge in [0.05, 0.1) is 9.85 Å². The fourth-order valence-electron chi connectivity index (χ4n) is 1.12. The molecule has 0 heterocycles. The van der Waals surface area contributed by atoms with Gasteiger partial charge in [0, 0.05) is 4.90 Å². The van der Waals surface area contributed by atoms with Gasteiger partial charge < -0.3 is 0 Å². The first-order valence-corrected chi connectivity index (χ1v) is 6.51. The van der Waals surface area contributed by atoms with Gasteiger partial charge in [0.1, 0.15) is 5.78 Å². The summed E-state index contributed by atoms with van der Waals surface area (Å²) in [4.78, 5) is 10.4. The number of Topliss-reactive ketones (excluding diaryl/α,β-unsaturated/α-hetero) is 1. The van der Waals surface area contributed by atoms with Crippen LogP contribution in [0.3, 0.4) is 0 Å². The van der Waals surface area contributed by atoms with Gasteiger partial charge in [-0.1, -0.05) is 33.6 Å². The molecule has 0 N–H and O–H groups in total. The van der Waals surface area contributed by atoms with Gasteiger partial charge in [-0.25, -0.2) is 0 Å². The molecule has 1 rings (SSSR count). The third-order valence-corrected chi connectivity index (χ3v) is 4.23. The van der Waals surface area contributed by atoms with Crippen molar-refractivity contribution in [1.82, 2.24) is 0 Å². The minimum absolute atomic E-state index is 0.0133. The van der Waals surface area contributed by atoms with Crippen LogP contribution in [0.15, 0.2) is 23.1 Å². The molecular weight excluding hydrogens is 341 g/mol. The van der Waals surface area contributed by atoms with Crippen LogP contribution < -0.4 is 0 Å². The fraction of sp³-hybridized carbons (Fsp3) is 0.300. The number of carbonyl (C=O) groups excluding carboxylic acids is 1. The minimum Gasteiger partial charge on any atom is -0.298 e. The Morgan fingerprint density at radius 3 is 2.53 bits per heavy atom.